The lowest BCUT2D eigenvalue weighted by molar-refractivity contribution is 0.0364. The molecule has 0 unspecified atom stereocenters. The molecule has 0 aliphatic rings. The molecule has 1 aromatic heterocycles. The minimum Gasteiger partial charge on any atom is -0.492 e. The molecule has 3 aromatic rings. The van der Waals surface area contributed by atoms with Gasteiger partial charge >= 0.3 is 0 Å². The summed E-state index contributed by atoms with van der Waals surface area (Å²) in [6.07, 6.45) is 1.48. The van der Waals surface area contributed by atoms with E-state index >= 15 is 0 Å². The highest BCUT2D eigenvalue weighted by molar-refractivity contribution is 5.94. The fraction of sp³-hybridized carbons (Fsp3) is 0.400. The molecule has 0 bridgehead atoms. The third kappa shape index (κ3) is 5.77. The molecule has 2 aromatic carbocycles. The number of likely N-dealkylation sites (N-methyl/N-ethyl adjacent to an activating group) is 1. The van der Waals surface area contributed by atoms with E-state index in [2.05, 4.69) is 43.2 Å². The highest BCUT2D eigenvalue weighted by atomic mass is 16.6. The lowest BCUT2D eigenvalue weighted by Gasteiger charge is -2.31. The maximum absolute atomic E-state index is 13.3. The Morgan fingerprint density at radius 1 is 1.18 bits per heavy atom. The highest BCUT2D eigenvalue weighted by Gasteiger charge is 2.17. The summed E-state index contributed by atoms with van der Waals surface area (Å²) in [5.41, 5.74) is 4.58. The predicted octanol–water partition coefficient (Wildman–Crippen LogP) is 3.48. The van der Waals surface area contributed by atoms with Crippen LogP contribution < -0.4 is 15.8 Å². The van der Waals surface area contributed by atoms with Crippen LogP contribution in [0.15, 0.2) is 47.5 Å². The number of nitrogens with zero attached hydrogens (tertiary/aromatic N) is 3. The Hall–Kier alpha value is -3.23. The molecule has 1 N–H and O–H groups in total. The van der Waals surface area contributed by atoms with Gasteiger partial charge in [0.25, 0.3) is 11.5 Å². The summed E-state index contributed by atoms with van der Waals surface area (Å²) in [6, 6.07) is 10.5. The third-order valence-electron chi connectivity index (χ3n) is 5.61. The molecule has 8 heteroatoms. The van der Waals surface area contributed by atoms with Gasteiger partial charge in [0.15, 0.2) is 0 Å². The molecule has 3 rings (SSSR count). The lowest BCUT2D eigenvalue weighted by atomic mass is 10.1. The number of hydroxylamine groups is 1. The summed E-state index contributed by atoms with van der Waals surface area (Å²) in [4.78, 5) is 37.3. The number of carbonyl (C=O) groups is 1. The Labute approximate surface area is 194 Å². The number of aromatic nitrogens is 2. The molecular formula is C25H32N4O4. The van der Waals surface area contributed by atoms with Crippen LogP contribution >= 0.6 is 0 Å². The molecule has 0 atom stereocenters. The number of fused-ring (bicyclic) bond motifs is 1. The van der Waals surface area contributed by atoms with Gasteiger partial charge in [0.05, 0.1) is 23.2 Å². The van der Waals surface area contributed by atoms with Crippen molar-refractivity contribution in [1.82, 2.24) is 19.9 Å². The minimum atomic E-state index is -0.379. The molecule has 33 heavy (non-hydrogen) atoms. The average Bonchev–Trinajstić information content (AvgIpc) is 2.78. The van der Waals surface area contributed by atoms with E-state index in [1.807, 2.05) is 13.0 Å². The van der Waals surface area contributed by atoms with Crippen molar-refractivity contribution < 1.29 is 14.4 Å². The largest absolute Gasteiger partial charge is 0.492 e. The van der Waals surface area contributed by atoms with Gasteiger partial charge in [-0.25, -0.2) is 10.5 Å². The van der Waals surface area contributed by atoms with E-state index in [0.29, 0.717) is 41.1 Å². The minimum absolute atomic E-state index is 0.0519. The van der Waals surface area contributed by atoms with E-state index in [0.717, 1.165) is 12.1 Å². The lowest BCUT2D eigenvalue weighted by Crippen LogP contribution is -2.40. The molecule has 0 saturated carbocycles. The summed E-state index contributed by atoms with van der Waals surface area (Å²) >= 11 is 0. The van der Waals surface area contributed by atoms with Crippen LogP contribution in [0.3, 0.4) is 0 Å². The maximum atomic E-state index is 13.3. The van der Waals surface area contributed by atoms with Crippen LogP contribution in [0.25, 0.3) is 16.6 Å². The molecule has 0 spiro atoms. The smallest absolute Gasteiger partial charge is 0.274 e. The predicted molar refractivity (Wildman–Crippen MR) is 129 cm³/mol. The molecular weight excluding hydrogens is 420 g/mol. The van der Waals surface area contributed by atoms with Gasteiger partial charge in [0.2, 0.25) is 0 Å². The van der Waals surface area contributed by atoms with Crippen molar-refractivity contribution in [2.24, 2.45) is 0 Å². The molecule has 8 nitrogen and oxygen atoms in total. The van der Waals surface area contributed by atoms with Gasteiger partial charge < -0.3 is 4.74 Å². The molecule has 0 fully saturated rings. The van der Waals surface area contributed by atoms with Gasteiger partial charge in [-0.15, -0.1) is 0 Å². The zero-order chi connectivity index (χ0) is 24.2. The van der Waals surface area contributed by atoms with E-state index in [-0.39, 0.29) is 17.0 Å². The van der Waals surface area contributed by atoms with Gasteiger partial charge in [0, 0.05) is 17.6 Å². The SMILES string of the molecule is CCONC(=O)c1ccc(C)c(-n2cnc3ccc(OCCN(C)C(C)(C)C)cc3c2=O)c1. The van der Waals surface area contributed by atoms with Crippen LogP contribution in [0.4, 0.5) is 0 Å². The molecule has 1 amide bonds. The number of hydrogen-bond acceptors (Lipinski definition) is 6. The summed E-state index contributed by atoms with van der Waals surface area (Å²) < 4.78 is 7.36. The number of amides is 1. The monoisotopic (exact) mass is 452 g/mol. The highest BCUT2D eigenvalue weighted by Crippen LogP contribution is 2.20. The quantitative estimate of drug-likeness (QED) is 0.527. The van der Waals surface area contributed by atoms with Crippen molar-refractivity contribution in [3.05, 3.63) is 64.2 Å². The molecule has 0 saturated heterocycles. The first kappa shape index (κ1) is 24.4. The first-order valence-corrected chi connectivity index (χ1v) is 11.0. The van der Waals surface area contributed by atoms with Crippen LogP contribution in [-0.4, -0.2) is 52.7 Å². The normalized spacial score (nSPS) is 11.7. The Morgan fingerprint density at radius 3 is 2.64 bits per heavy atom. The summed E-state index contributed by atoms with van der Waals surface area (Å²) in [5.74, 6) is 0.235. The fourth-order valence-electron chi connectivity index (χ4n) is 3.21. The standard InChI is InChI=1S/C25H32N4O4/c1-7-33-27-23(30)18-9-8-17(2)22(14-18)29-16-26-21-11-10-19(15-20(21)24(29)31)32-13-12-28(6)25(3,4)5/h8-11,14-16H,7,12-13H2,1-6H3,(H,27,30). The van der Waals surface area contributed by atoms with Gasteiger partial charge in [-0.3, -0.25) is 23.9 Å². The molecule has 0 aliphatic carbocycles. The topological polar surface area (TPSA) is 85.7 Å². The molecule has 1 heterocycles. The third-order valence-corrected chi connectivity index (χ3v) is 5.61. The van der Waals surface area contributed by atoms with Crippen LogP contribution in [-0.2, 0) is 4.84 Å². The van der Waals surface area contributed by atoms with Gasteiger partial charge in [-0.2, -0.15) is 0 Å². The second-order valence-electron chi connectivity index (χ2n) is 8.90. The van der Waals surface area contributed by atoms with Crippen LogP contribution in [0.5, 0.6) is 5.75 Å². The van der Waals surface area contributed by atoms with E-state index in [4.69, 9.17) is 9.57 Å². The molecule has 0 radical (unpaired) electrons. The Balaban J connectivity index is 1.90. The molecule has 0 aliphatic heterocycles. The Bertz CT molecular complexity index is 1200. The van der Waals surface area contributed by atoms with Crippen molar-refractivity contribution in [3.63, 3.8) is 0 Å². The number of rotatable bonds is 8. The number of benzene rings is 2. The molecule has 176 valence electrons. The van der Waals surface area contributed by atoms with E-state index in [1.54, 1.807) is 37.3 Å². The first-order valence-electron chi connectivity index (χ1n) is 11.0. The zero-order valence-electron chi connectivity index (χ0n) is 20.1. The fourth-order valence-corrected chi connectivity index (χ4v) is 3.21. The van der Waals surface area contributed by atoms with Crippen molar-refractivity contribution in [3.8, 4) is 11.4 Å². The summed E-state index contributed by atoms with van der Waals surface area (Å²) in [7, 11) is 2.05. The zero-order valence-corrected chi connectivity index (χ0v) is 20.1. The second kappa shape index (κ2) is 10.1. The van der Waals surface area contributed by atoms with Crippen molar-refractivity contribution in [2.45, 2.75) is 40.2 Å². The van der Waals surface area contributed by atoms with Gasteiger partial charge in [-0.1, -0.05) is 6.07 Å². The number of aryl methyl sites for hydroxylation is 1. The van der Waals surface area contributed by atoms with E-state index in [1.165, 1.54) is 10.9 Å². The number of carbonyl (C=O) groups excluding carboxylic acids is 1. The second-order valence-corrected chi connectivity index (χ2v) is 8.90. The van der Waals surface area contributed by atoms with Crippen LogP contribution in [0.1, 0.15) is 43.6 Å². The van der Waals surface area contributed by atoms with Gasteiger partial charge in [-0.05, 0) is 77.6 Å². The number of nitrogens with one attached hydrogen (secondary N) is 1. The number of ether oxygens (including phenoxy) is 1. The van der Waals surface area contributed by atoms with E-state index in [9.17, 15) is 9.59 Å². The summed E-state index contributed by atoms with van der Waals surface area (Å²) in [6.45, 7) is 11.7. The van der Waals surface area contributed by atoms with Gasteiger partial charge in [0.1, 0.15) is 18.7 Å². The van der Waals surface area contributed by atoms with E-state index < -0.39 is 0 Å². The number of hydrogen-bond donors (Lipinski definition) is 1. The Kier molecular flexibility index (Phi) is 7.50. The average molecular weight is 453 g/mol. The maximum Gasteiger partial charge on any atom is 0.274 e. The van der Waals surface area contributed by atoms with Crippen molar-refractivity contribution >= 4 is 16.8 Å². The van der Waals surface area contributed by atoms with Crippen LogP contribution in [0, 0.1) is 6.92 Å². The van der Waals surface area contributed by atoms with Crippen molar-refractivity contribution in [1.29, 1.82) is 0 Å². The van der Waals surface area contributed by atoms with Crippen LogP contribution in [0.2, 0.25) is 0 Å². The Morgan fingerprint density at radius 2 is 1.94 bits per heavy atom. The first-order chi connectivity index (χ1) is 15.6. The van der Waals surface area contributed by atoms with Crippen molar-refractivity contribution in [2.75, 3.05) is 26.8 Å². The summed E-state index contributed by atoms with van der Waals surface area (Å²) in [5, 5.41) is 0.447.